The highest BCUT2D eigenvalue weighted by Crippen LogP contribution is 2.17. The van der Waals surface area contributed by atoms with Crippen LogP contribution in [-0.4, -0.2) is 37.2 Å². The van der Waals surface area contributed by atoms with Crippen molar-refractivity contribution in [1.29, 1.82) is 0 Å². The number of unbranched alkanes of at least 4 members (excludes halogenated alkanes) is 32. The normalized spacial score (nSPS) is 11.9. The van der Waals surface area contributed by atoms with Crippen molar-refractivity contribution < 1.29 is 28.6 Å². The zero-order chi connectivity index (χ0) is 41.0. The second kappa shape index (κ2) is 44.5. The first kappa shape index (κ1) is 54.4. The summed E-state index contributed by atoms with van der Waals surface area (Å²) in [6.45, 7) is 9.00. The highest BCUT2D eigenvalue weighted by atomic mass is 16.6. The largest absolute Gasteiger partial charge is 0.462 e. The van der Waals surface area contributed by atoms with E-state index in [1.807, 2.05) is 0 Å². The SMILES string of the molecule is CCCCCCCCCCCCCCCCC(=O)OC[C@H](COC(=O)CCCCCCCCCCCCCCC(C)C)OC(=O)CCCCCCCCCCC. The molecule has 0 aromatic carbocycles. The van der Waals surface area contributed by atoms with Gasteiger partial charge in [0.25, 0.3) is 0 Å². The summed E-state index contributed by atoms with van der Waals surface area (Å²) in [6.07, 6.45) is 45.1. The molecule has 0 bridgehead atoms. The number of ether oxygens (including phenoxy) is 3. The van der Waals surface area contributed by atoms with Gasteiger partial charge in [-0.1, -0.05) is 240 Å². The van der Waals surface area contributed by atoms with E-state index >= 15 is 0 Å². The lowest BCUT2D eigenvalue weighted by Crippen LogP contribution is -2.30. The fourth-order valence-electron chi connectivity index (χ4n) is 7.51. The third kappa shape index (κ3) is 43.5. The summed E-state index contributed by atoms with van der Waals surface area (Å²) in [7, 11) is 0. The predicted octanol–water partition coefficient (Wildman–Crippen LogP) is 15.9. The molecular weight excluding hydrogens is 697 g/mol. The molecule has 0 radical (unpaired) electrons. The Morgan fingerprint density at radius 2 is 0.589 bits per heavy atom. The number of rotatable bonds is 45. The van der Waals surface area contributed by atoms with Crippen molar-refractivity contribution in [2.75, 3.05) is 13.2 Å². The first-order chi connectivity index (χ1) is 27.4. The van der Waals surface area contributed by atoms with E-state index in [1.165, 1.54) is 173 Å². The first-order valence-electron chi connectivity index (χ1n) is 24.9. The van der Waals surface area contributed by atoms with Crippen LogP contribution in [0.4, 0.5) is 0 Å². The Morgan fingerprint density at radius 1 is 0.339 bits per heavy atom. The van der Waals surface area contributed by atoms with Crippen LogP contribution in [0.15, 0.2) is 0 Å². The summed E-state index contributed by atoms with van der Waals surface area (Å²) < 4.78 is 16.8. The van der Waals surface area contributed by atoms with Crippen LogP contribution in [0.5, 0.6) is 0 Å². The molecule has 0 aliphatic carbocycles. The molecule has 0 heterocycles. The van der Waals surface area contributed by atoms with Crippen molar-refractivity contribution in [2.24, 2.45) is 5.92 Å². The molecule has 0 aliphatic rings. The van der Waals surface area contributed by atoms with Gasteiger partial charge < -0.3 is 14.2 Å². The maximum atomic E-state index is 12.7. The van der Waals surface area contributed by atoms with E-state index in [2.05, 4.69) is 27.7 Å². The summed E-state index contributed by atoms with van der Waals surface area (Å²) in [5, 5.41) is 0. The monoisotopic (exact) mass is 793 g/mol. The van der Waals surface area contributed by atoms with E-state index in [0.717, 1.165) is 63.7 Å². The molecule has 0 saturated heterocycles. The lowest BCUT2D eigenvalue weighted by molar-refractivity contribution is -0.167. The molecule has 0 aliphatic heterocycles. The van der Waals surface area contributed by atoms with E-state index in [0.29, 0.717) is 19.3 Å². The summed E-state index contributed by atoms with van der Waals surface area (Å²) in [4.78, 5) is 37.8. The van der Waals surface area contributed by atoms with Gasteiger partial charge in [-0.05, 0) is 25.2 Å². The van der Waals surface area contributed by atoms with E-state index in [-0.39, 0.29) is 31.1 Å². The molecule has 0 N–H and O–H groups in total. The molecule has 0 aromatic heterocycles. The standard InChI is InChI=1S/C50H96O6/c1-5-7-9-11-13-15-16-17-18-22-26-29-33-37-41-48(51)54-44-47(56-50(53)43-39-35-31-24-14-12-10-8-6-2)45-55-49(52)42-38-34-30-27-23-20-19-21-25-28-32-36-40-46(3)4/h46-47H,5-45H2,1-4H3/t47-/m1/s1. The van der Waals surface area contributed by atoms with E-state index in [4.69, 9.17) is 14.2 Å². The third-order valence-corrected chi connectivity index (χ3v) is 11.3. The second-order valence-corrected chi connectivity index (χ2v) is 17.6. The average molecular weight is 793 g/mol. The fraction of sp³-hybridized carbons (Fsp3) is 0.940. The Hall–Kier alpha value is -1.59. The van der Waals surface area contributed by atoms with E-state index in [9.17, 15) is 14.4 Å². The molecule has 0 aromatic rings. The molecule has 0 unspecified atom stereocenters. The quantitative estimate of drug-likeness (QED) is 0.0347. The molecule has 6 heteroatoms. The van der Waals surface area contributed by atoms with Gasteiger partial charge in [-0.2, -0.15) is 0 Å². The van der Waals surface area contributed by atoms with Gasteiger partial charge >= 0.3 is 17.9 Å². The third-order valence-electron chi connectivity index (χ3n) is 11.3. The summed E-state index contributed by atoms with van der Waals surface area (Å²) in [5.41, 5.74) is 0. The van der Waals surface area contributed by atoms with Gasteiger partial charge in [-0.15, -0.1) is 0 Å². The van der Waals surface area contributed by atoms with Crippen molar-refractivity contribution in [1.82, 2.24) is 0 Å². The summed E-state index contributed by atoms with van der Waals surface area (Å²) >= 11 is 0. The van der Waals surface area contributed by atoms with Crippen LogP contribution in [0, 0.1) is 5.92 Å². The first-order valence-corrected chi connectivity index (χ1v) is 24.9. The summed E-state index contributed by atoms with van der Waals surface area (Å²) in [5.74, 6) is -0.0158. The van der Waals surface area contributed by atoms with Crippen LogP contribution in [0.2, 0.25) is 0 Å². The second-order valence-electron chi connectivity index (χ2n) is 17.6. The molecular formula is C50H96O6. The smallest absolute Gasteiger partial charge is 0.306 e. The number of carbonyl (C=O) groups excluding carboxylic acids is 3. The van der Waals surface area contributed by atoms with Crippen molar-refractivity contribution in [3.8, 4) is 0 Å². The number of esters is 3. The Morgan fingerprint density at radius 3 is 0.875 bits per heavy atom. The molecule has 0 spiro atoms. The van der Waals surface area contributed by atoms with E-state index < -0.39 is 6.10 Å². The van der Waals surface area contributed by atoms with Crippen LogP contribution in [-0.2, 0) is 28.6 Å². The van der Waals surface area contributed by atoms with Gasteiger partial charge in [0.15, 0.2) is 6.10 Å². The number of hydrogen-bond donors (Lipinski definition) is 0. The molecule has 6 nitrogen and oxygen atoms in total. The predicted molar refractivity (Wildman–Crippen MR) is 238 cm³/mol. The van der Waals surface area contributed by atoms with Crippen LogP contribution >= 0.6 is 0 Å². The van der Waals surface area contributed by atoms with Gasteiger partial charge in [0, 0.05) is 19.3 Å². The van der Waals surface area contributed by atoms with Crippen LogP contribution in [0.25, 0.3) is 0 Å². The Kier molecular flexibility index (Phi) is 43.2. The molecule has 0 fully saturated rings. The zero-order valence-corrected chi connectivity index (χ0v) is 38.1. The molecule has 0 rings (SSSR count). The molecule has 0 amide bonds. The molecule has 56 heavy (non-hydrogen) atoms. The van der Waals surface area contributed by atoms with Crippen molar-refractivity contribution in [3.05, 3.63) is 0 Å². The minimum absolute atomic E-state index is 0.0631. The number of hydrogen-bond acceptors (Lipinski definition) is 6. The van der Waals surface area contributed by atoms with Crippen LogP contribution < -0.4 is 0 Å². The van der Waals surface area contributed by atoms with Crippen molar-refractivity contribution in [2.45, 2.75) is 284 Å². The van der Waals surface area contributed by atoms with E-state index in [1.54, 1.807) is 0 Å². The lowest BCUT2D eigenvalue weighted by atomic mass is 10.0. The van der Waals surface area contributed by atoms with Gasteiger partial charge in [0.2, 0.25) is 0 Å². The van der Waals surface area contributed by atoms with Crippen LogP contribution in [0.3, 0.4) is 0 Å². The number of carbonyl (C=O) groups is 3. The topological polar surface area (TPSA) is 78.9 Å². The lowest BCUT2D eigenvalue weighted by Gasteiger charge is -2.18. The zero-order valence-electron chi connectivity index (χ0n) is 38.1. The van der Waals surface area contributed by atoms with Gasteiger partial charge in [0.1, 0.15) is 13.2 Å². The Labute approximate surface area is 348 Å². The highest BCUT2D eigenvalue weighted by molar-refractivity contribution is 5.71. The molecule has 0 saturated carbocycles. The average Bonchev–Trinajstić information content (AvgIpc) is 3.18. The van der Waals surface area contributed by atoms with Gasteiger partial charge in [0.05, 0.1) is 0 Å². The highest BCUT2D eigenvalue weighted by Gasteiger charge is 2.19. The minimum Gasteiger partial charge on any atom is -0.462 e. The van der Waals surface area contributed by atoms with Gasteiger partial charge in [-0.3, -0.25) is 14.4 Å². The molecule has 1 atom stereocenters. The fourth-order valence-corrected chi connectivity index (χ4v) is 7.51. The summed E-state index contributed by atoms with van der Waals surface area (Å²) in [6, 6.07) is 0. The Bertz CT molecular complexity index is 841. The maximum Gasteiger partial charge on any atom is 0.306 e. The molecule has 332 valence electrons. The van der Waals surface area contributed by atoms with Crippen molar-refractivity contribution >= 4 is 17.9 Å². The van der Waals surface area contributed by atoms with Gasteiger partial charge in [-0.25, -0.2) is 0 Å². The van der Waals surface area contributed by atoms with Crippen molar-refractivity contribution in [3.63, 3.8) is 0 Å². The Balaban J connectivity index is 4.25. The minimum atomic E-state index is -0.759. The van der Waals surface area contributed by atoms with Crippen LogP contribution in [0.1, 0.15) is 278 Å². The maximum absolute atomic E-state index is 12.7.